The minimum absolute atomic E-state index is 0.142. The molecule has 2 aromatic rings. The van der Waals surface area contributed by atoms with Crippen molar-refractivity contribution in [2.24, 2.45) is 0 Å². The van der Waals surface area contributed by atoms with Crippen LogP contribution in [0.5, 0.6) is 0 Å². The number of hydrogen-bond donors (Lipinski definition) is 2. The zero-order valence-corrected chi connectivity index (χ0v) is 8.99. The molecule has 0 unspecified atom stereocenters. The van der Waals surface area contributed by atoms with Crippen molar-refractivity contribution >= 4 is 11.9 Å². The zero-order chi connectivity index (χ0) is 11.5. The Hall–Kier alpha value is -2.25. The Balaban J connectivity index is 2.36. The number of nitrogens with zero attached hydrogens (tertiary/aromatic N) is 6. The van der Waals surface area contributed by atoms with Crippen molar-refractivity contribution in [2.45, 2.75) is 19.9 Å². The first-order chi connectivity index (χ1) is 7.65. The molecule has 0 fully saturated rings. The number of aromatic nitrogens is 6. The van der Waals surface area contributed by atoms with E-state index in [2.05, 4.69) is 30.4 Å². The predicted molar refractivity (Wildman–Crippen MR) is 57.9 cm³/mol. The van der Waals surface area contributed by atoms with Crippen molar-refractivity contribution < 1.29 is 0 Å². The maximum Gasteiger partial charge on any atom is 0.258 e. The fourth-order valence-corrected chi connectivity index (χ4v) is 1.12. The lowest BCUT2D eigenvalue weighted by Gasteiger charge is -2.08. The lowest BCUT2D eigenvalue weighted by Crippen LogP contribution is -2.16. The summed E-state index contributed by atoms with van der Waals surface area (Å²) in [7, 11) is 0. The van der Waals surface area contributed by atoms with Crippen LogP contribution < -0.4 is 11.1 Å². The summed E-state index contributed by atoms with van der Waals surface area (Å²) in [5.41, 5.74) is 5.58. The summed E-state index contributed by atoms with van der Waals surface area (Å²) in [6.45, 7) is 3.96. The highest BCUT2D eigenvalue weighted by Crippen LogP contribution is 2.06. The smallest absolute Gasteiger partial charge is 0.258 e. The summed E-state index contributed by atoms with van der Waals surface area (Å²) in [5.74, 6) is 0.907. The van der Waals surface area contributed by atoms with Gasteiger partial charge in [0.1, 0.15) is 12.7 Å². The summed E-state index contributed by atoms with van der Waals surface area (Å²) in [4.78, 5) is 15.9. The summed E-state index contributed by atoms with van der Waals surface area (Å²) < 4.78 is 1.42. The lowest BCUT2D eigenvalue weighted by molar-refractivity contribution is 0.788. The van der Waals surface area contributed by atoms with Gasteiger partial charge in [-0.3, -0.25) is 0 Å². The third kappa shape index (κ3) is 2.22. The summed E-state index contributed by atoms with van der Waals surface area (Å²) in [5, 5.41) is 6.96. The Morgan fingerprint density at radius 3 is 2.75 bits per heavy atom. The third-order valence-electron chi connectivity index (χ3n) is 1.68. The van der Waals surface area contributed by atoms with Crippen LogP contribution in [0.3, 0.4) is 0 Å². The van der Waals surface area contributed by atoms with Gasteiger partial charge in [0.25, 0.3) is 5.95 Å². The molecule has 0 saturated heterocycles. The fourth-order valence-electron chi connectivity index (χ4n) is 1.12. The average Bonchev–Trinajstić information content (AvgIpc) is 2.67. The highest BCUT2D eigenvalue weighted by molar-refractivity contribution is 5.35. The van der Waals surface area contributed by atoms with Gasteiger partial charge in [0.2, 0.25) is 11.9 Å². The topological polar surface area (TPSA) is 107 Å². The number of nitrogen functional groups attached to an aromatic ring is 1. The third-order valence-corrected chi connectivity index (χ3v) is 1.68. The molecule has 8 nitrogen and oxygen atoms in total. The predicted octanol–water partition coefficient (Wildman–Crippen LogP) is -0.145. The second-order valence-corrected chi connectivity index (χ2v) is 3.46. The highest BCUT2D eigenvalue weighted by Gasteiger charge is 2.07. The molecule has 0 aliphatic rings. The van der Waals surface area contributed by atoms with E-state index in [-0.39, 0.29) is 12.0 Å². The van der Waals surface area contributed by atoms with Gasteiger partial charge < -0.3 is 11.1 Å². The first-order valence-electron chi connectivity index (χ1n) is 4.78. The SMILES string of the molecule is CC(C)Nc1nc(N)nc(-n2cncn2)n1. The maximum atomic E-state index is 5.58. The number of anilines is 2. The molecule has 0 radical (unpaired) electrons. The first-order valence-corrected chi connectivity index (χ1v) is 4.78. The standard InChI is InChI=1S/C8H12N8/c1-5(2)12-7-13-6(9)14-8(15-7)16-4-10-3-11-16/h3-5H,1-2H3,(H3,9,12,13,14,15). The van der Waals surface area contributed by atoms with Gasteiger partial charge in [0.15, 0.2) is 0 Å². The van der Waals surface area contributed by atoms with Gasteiger partial charge in [-0.1, -0.05) is 0 Å². The molecule has 0 bridgehead atoms. The number of nitrogens with one attached hydrogen (secondary N) is 1. The molecule has 2 heterocycles. The molecule has 0 aliphatic carbocycles. The van der Waals surface area contributed by atoms with Crippen LogP contribution >= 0.6 is 0 Å². The second kappa shape index (κ2) is 4.09. The minimum Gasteiger partial charge on any atom is -0.368 e. The molecule has 3 N–H and O–H groups in total. The van der Waals surface area contributed by atoms with Crippen molar-refractivity contribution in [1.29, 1.82) is 0 Å². The van der Waals surface area contributed by atoms with Gasteiger partial charge in [-0.25, -0.2) is 4.98 Å². The van der Waals surface area contributed by atoms with E-state index in [1.807, 2.05) is 13.8 Å². The van der Waals surface area contributed by atoms with Crippen LogP contribution in [0.1, 0.15) is 13.8 Å². The van der Waals surface area contributed by atoms with Crippen LogP contribution in [0.4, 0.5) is 11.9 Å². The lowest BCUT2D eigenvalue weighted by atomic mass is 10.4. The second-order valence-electron chi connectivity index (χ2n) is 3.46. The Labute approximate surface area is 92.0 Å². The van der Waals surface area contributed by atoms with E-state index in [1.165, 1.54) is 17.3 Å². The summed E-state index contributed by atoms with van der Waals surface area (Å²) in [6.07, 6.45) is 2.89. The molecule has 8 heteroatoms. The van der Waals surface area contributed by atoms with Gasteiger partial charge in [-0.2, -0.15) is 24.7 Å². The van der Waals surface area contributed by atoms with E-state index in [4.69, 9.17) is 5.73 Å². The highest BCUT2D eigenvalue weighted by atomic mass is 15.4. The molecule has 84 valence electrons. The van der Waals surface area contributed by atoms with Gasteiger partial charge >= 0.3 is 0 Å². The minimum atomic E-state index is 0.142. The molecule has 0 atom stereocenters. The Morgan fingerprint density at radius 2 is 2.12 bits per heavy atom. The number of rotatable bonds is 3. The fraction of sp³-hybridized carbons (Fsp3) is 0.375. The monoisotopic (exact) mass is 220 g/mol. The van der Waals surface area contributed by atoms with Gasteiger partial charge in [0, 0.05) is 6.04 Å². The van der Waals surface area contributed by atoms with Gasteiger partial charge in [-0.15, -0.1) is 0 Å². The van der Waals surface area contributed by atoms with Crippen LogP contribution in [0.15, 0.2) is 12.7 Å². The normalized spacial score (nSPS) is 10.7. The van der Waals surface area contributed by atoms with Crippen LogP contribution in [0.25, 0.3) is 5.95 Å². The molecule has 2 rings (SSSR count). The summed E-state index contributed by atoms with van der Waals surface area (Å²) in [6, 6.07) is 0.213. The molecular formula is C8H12N8. The quantitative estimate of drug-likeness (QED) is 0.740. The molecule has 0 aromatic carbocycles. The van der Waals surface area contributed by atoms with Crippen LogP contribution in [-0.4, -0.2) is 35.8 Å². The van der Waals surface area contributed by atoms with E-state index >= 15 is 0 Å². The van der Waals surface area contributed by atoms with Crippen molar-refractivity contribution in [1.82, 2.24) is 29.7 Å². The maximum absolute atomic E-state index is 5.58. The van der Waals surface area contributed by atoms with Gasteiger partial charge in [-0.05, 0) is 13.8 Å². The number of hydrogen-bond acceptors (Lipinski definition) is 7. The Morgan fingerprint density at radius 1 is 1.31 bits per heavy atom. The van der Waals surface area contributed by atoms with Crippen LogP contribution in [0.2, 0.25) is 0 Å². The molecule has 0 aliphatic heterocycles. The molecular weight excluding hydrogens is 208 g/mol. The molecule has 0 amide bonds. The van der Waals surface area contributed by atoms with Crippen molar-refractivity contribution in [3.05, 3.63) is 12.7 Å². The van der Waals surface area contributed by atoms with E-state index in [9.17, 15) is 0 Å². The number of nitrogens with two attached hydrogens (primary N) is 1. The Bertz CT molecular complexity index is 463. The first kappa shape index (κ1) is 10.3. The molecule has 0 spiro atoms. The average molecular weight is 220 g/mol. The van der Waals surface area contributed by atoms with E-state index in [1.54, 1.807) is 0 Å². The molecule has 0 saturated carbocycles. The largest absolute Gasteiger partial charge is 0.368 e. The molecule has 2 aromatic heterocycles. The van der Waals surface area contributed by atoms with E-state index < -0.39 is 0 Å². The van der Waals surface area contributed by atoms with Crippen molar-refractivity contribution in [3.8, 4) is 5.95 Å². The van der Waals surface area contributed by atoms with Crippen molar-refractivity contribution in [2.75, 3.05) is 11.1 Å². The Kier molecular flexibility index (Phi) is 2.63. The van der Waals surface area contributed by atoms with Crippen LogP contribution in [0, 0.1) is 0 Å². The van der Waals surface area contributed by atoms with Gasteiger partial charge in [0.05, 0.1) is 0 Å². The molecule has 16 heavy (non-hydrogen) atoms. The van der Waals surface area contributed by atoms with E-state index in [0.717, 1.165) is 0 Å². The van der Waals surface area contributed by atoms with E-state index in [0.29, 0.717) is 11.9 Å². The van der Waals surface area contributed by atoms with Crippen LogP contribution in [-0.2, 0) is 0 Å². The summed E-state index contributed by atoms with van der Waals surface area (Å²) >= 11 is 0. The zero-order valence-electron chi connectivity index (χ0n) is 8.99. The van der Waals surface area contributed by atoms with Crippen molar-refractivity contribution in [3.63, 3.8) is 0 Å².